The number of carbonyl (C=O) groups is 1. The van der Waals surface area contributed by atoms with Gasteiger partial charge < -0.3 is 24.4 Å². The van der Waals surface area contributed by atoms with Gasteiger partial charge in [0.15, 0.2) is 12.4 Å². The largest absolute Gasteiger partial charge is 0.467 e. The first-order valence-electron chi connectivity index (χ1n) is 4.22. The first-order chi connectivity index (χ1) is 6.60. The molecule has 4 atom stereocenters. The molecule has 2 N–H and O–H groups in total. The number of esters is 1. The molecule has 1 saturated heterocycles. The van der Waals surface area contributed by atoms with E-state index in [4.69, 9.17) is 9.47 Å². The predicted molar refractivity (Wildman–Crippen MR) is 44.3 cm³/mol. The van der Waals surface area contributed by atoms with E-state index in [0.717, 1.165) is 0 Å². The smallest absolute Gasteiger partial charge is 0.335 e. The van der Waals surface area contributed by atoms with Gasteiger partial charge in [0.1, 0.15) is 6.10 Å². The Kier molecular flexibility index (Phi) is 3.82. The molecule has 6 heteroatoms. The Morgan fingerprint density at radius 1 is 1.43 bits per heavy atom. The predicted octanol–water partition coefficient (Wildman–Crippen LogP) is -1.36. The third kappa shape index (κ3) is 2.21. The number of carbonyl (C=O) groups excluding carboxylic acids is 1. The molecule has 0 radical (unpaired) electrons. The average Bonchev–Trinajstić information content (AvgIpc) is 2.20. The van der Waals surface area contributed by atoms with Gasteiger partial charge in [0.25, 0.3) is 0 Å². The lowest BCUT2D eigenvalue weighted by molar-refractivity contribution is -0.258. The molecule has 0 aromatic rings. The molecule has 0 bridgehead atoms. The van der Waals surface area contributed by atoms with Gasteiger partial charge in [-0.05, 0) is 0 Å². The van der Waals surface area contributed by atoms with E-state index in [-0.39, 0.29) is 6.42 Å². The van der Waals surface area contributed by atoms with E-state index >= 15 is 0 Å². The van der Waals surface area contributed by atoms with Crippen LogP contribution < -0.4 is 0 Å². The van der Waals surface area contributed by atoms with Crippen molar-refractivity contribution < 1.29 is 29.2 Å². The summed E-state index contributed by atoms with van der Waals surface area (Å²) in [4.78, 5) is 11.1. The zero-order valence-electron chi connectivity index (χ0n) is 8.04. The van der Waals surface area contributed by atoms with Crippen molar-refractivity contribution in [1.82, 2.24) is 0 Å². The number of hydrogen-bond acceptors (Lipinski definition) is 6. The summed E-state index contributed by atoms with van der Waals surface area (Å²) in [6.07, 6.45) is -4.06. The van der Waals surface area contributed by atoms with Gasteiger partial charge in [-0.3, -0.25) is 0 Å². The Morgan fingerprint density at radius 3 is 2.57 bits per heavy atom. The lowest BCUT2D eigenvalue weighted by Crippen LogP contribution is -2.51. The molecule has 1 unspecified atom stereocenters. The minimum Gasteiger partial charge on any atom is -0.467 e. The standard InChI is InChI=1S/C8H14O6/c1-12-7(11)5-3-4(9)6(10)8(13-2)14-5/h4-6,8-10H,3H2,1-2H3/t4-,5+,6+,8?/m1/s1. The molecule has 1 aliphatic rings. The van der Waals surface area contributed by atoms with Gasteiger partial charge in [0.2, 0.25) is 0 Å². The Hall–Kier alpha value is -0.690. The normalized spacial score (nSPS) is 38.0. The zero-order chi connectivity index (χ0) is 10.7. The van der Waals surface area contributed by atoms with Gasteiger partial charge in [-0.2, -0.15) is 0 Å². The maximum absolute atomic E-state index is 11.1. The summed E-state index contributed by atoms with van der Waals surface area (Å²) < 4.78 is 14.3. The van der Waals surface area contributed by atoms with Crippen LogP contribution in [0.3, 0.4) is 0 Å². The van der Waals surface area contributed by atoms with Crippen molar-refractivity contribution in [2.75, 3.05) is 14.2 Å². The summed E-state index contributed by atoms with van der Waals surface area (Å²) in [5.74, 6) is -0.585. The number of aliphatic hydroxyl groups is 2. The third-order valence-electron chi connectivity index (χ3n) is 2.12. The molecule has 0 aromatic heterocycles. The Balaban J connectivity index is 2.62. The molecule has 6 nitrogen and oxygen atoms in total. The highest BCUT2D eigenvalue weighted by Crippen LogP contribution is 2.21. The Bertz CT molecular complexity index is 206. The quantitative estimate of drug-likeness (QED) is 0.543. The maximum Gasteiger partial charge on any atom is 0.335 e. The van der Waals surface area contributed by atoms with Gasteiger partial charge in [-0.1, -0.05) is 0 Å². The topological polar surface area (TPSA) is 85.2 Å². The minimum atomic E-state index is -1.14. The van der Waals surface area contributed by atoms with Gasteiger partial charge in [-0.25, -0.2) is 4.79 Å². The van der Waals surface area contributed by atoms with Crippen molar-refractivity contribution in [3.8, 4) is 0 Å². The molecular formula is C8H14O6. The molecule has 1 rings (SSSR count). The second-order valence-electron chi connectivity index (χ2n) is 3.05. The minimum absolute atomic E-state index is 0.00764. The van der Waals surface area contributed by atoms with Crippen LogP contribution in [0.1, 0.15) is 6.42 Å². The van der Waals surface area contributed by atoms with Crippen LogP contribution in [0.15, 0.2) is 0 Å². The molecule has 0 aliphatic carbocycles. The molecule has 0 saturated carbocycles. The lowest BCUT2D eigenvalue weighted by Gasteiger charge is -2.34. The summed E-state index contributed by atoms with van der Waals surface area (Å²) >= 11 is 0. The van der Waals surface area contributed by atoms with E-state index in [1.54, 1.807) is 0 Å². The van der Waals surface area contributed by atoms with Crippen molar-refractivity contribution >= 4 is 5.97 Å². The van der Waals surface area contributed by atoms with Crippen LogP contribution in [0.4, 0.5) is 0 Å². The summed E-state index contributed by atoms with van der Waals surface area (Å²) in [7, 11) is 2.55. The number of ether oxygens (including phenoxy) is 3. The average molecular weight is 206 g/mol. The number of hydrogen-bond donors (Lipinski definition) is 2. The van der Waals surface area contributed by atoms with Crippen LogP contribution in [0.2, 0.25) is 0 Å². The molecule has 1 fully saturated rings. The third-order valence-corrected chi connectivity index (χ3v) is 2.12. The van der Waals surface area contributed by atoms with Crippen molar-refractivity contribution in [3.63, 3.8) is 0 Å². The van der Waals surface area contributed by atoms with Crippen LogP contribution in [-0.4, -0.2) is 55.0 Å². The van der Waals surface area contributed by atoms with E-state index in [1.807, 2.05) is 0 Å². The van der Waals surface area contributed by atoms with Crippen LogP contribution >= 0.6 is 0 Å². The van der Waals surface area contributed by atoms with E-state index in [1.165, 1.54) is 14.2 Å². The fraction of sp³-hybridized carbons (Fsp3) is 0.875. The number of rotatable bonds is 2. The van der Waals surface area contributed by atoms with Crippen molar-refractivity contribution in [2.24, 2.45) is 0 Å². The Labute approximate surface area is 81.4 Å². The van der Waals surface area contributed by atoms with Gasteiger partial charge >= 0.3 is 5.97 Å². The van der Waals surface area contributed by atoms with Crippen LogP contribution in [0, 0.1) is 0 Å². The summed E-state index contributed by atoms with van der Waals surface area (Å²) in [5, 5.41) is 18.7. The fourth-order valence-corrected chi connectivity index (χ4v) is 1.32. The first kappa shape index (κ1) is 11.4. The van der Waals surface area contributed by atoms with Crippen molar-refractivity contribution in [1.29, 1.82) is 0 Å². The first-order valence-corrected chi connectivity index (χ1v) is 4.22. The maximum atomic E-state index is 11.1. The molecule has 1 aliphatic heterocycles. The zero-order valence-corrected chi connectivity index (χ0v) is 8.04. The fourth-order valence-electron chi connectivity index (χ4n) is 1.32. The van der Waals surface area contributed by atoms with Crippen LogP contribution in [0.5, 0.6) is 0 Å². The van der Waals surface area contributed by atoms with E-state index in [0.29, 0.717) is 0 Å². The highest BCUT2D eigenvalue weighted by molar-refractivity contribution is 5.74. The second kappa shape index (κ2) is 4.70. The molecule has 0 amide bonds. The van der Waals surface area contributed by atoms with E-state index in [2.05, 4.69) is 4.74 Å². The van der Waals surface area contributed by atoms with Crippen molar-refractivity contribution in [2.45, 2.75) is 31.0 Å². The molecule has 0 spiro atoms. The highest BCUT2D eigenvalue weighted by Gasteiger charge is 2.40. The van der Waals surface area contributed by atoms with E-state index < -0.39 is 30.6 Å². The van der Waals surface area contributed by atoms with E-state index in [9.17, 15) is 15.0 Å². The number of aliphatic hydroxyl groups excluding tert-OH is 2. The van der Waals surface area contributed by atoms with Gasteiger partial charge in [0.05, 0.1) is 13.2 Å². The summed E-state index contributed by atoms with van der Waals surface area (Å²) in [5.41, 5.74) is 0. The molecule has 0 aromatic carbocycles. The van der Waals surface area contributed by atoms with Gasteiger partial charge in [-0.15, -0.1) is 0 Å². The molecular weight excluding hydrogens is 192 g/mol. The molecule has 1 heterocycles. The van der Waals surface area contributed by atoms with Crippen molar-refractivity contribution in [3.05, 3.63) is 0 Å². The second-order valence-corrected chi connectivity index (χ2v) is 3.05. The SMILES string of the molecule is COC(=O)[C@@H]1C[C@@H](O)[C@H](O)C(OC)O1. The summed E-state index contributed by atoms with van der Waals surface area (Å²) in [6.45, 7) is 0. The number of methoxy groups -OCH3 is 2. The van der Waals surface area contributed by atoms with Crippen LogP contribution in [-0.2, 0) is 19.0 Å². The monoisotopic (exact) mass is 206 g/mol. The summed E-state index contributed by atoms with van der Waals surface area (Å²) in [6, 6.07) is 0. The lowest BCUT2D eigenvalue weighted by atomic mass is 10.0. The Morgan fingerprint density at radius 2 is 2.07 bits per heavy atom. The van der Waals surface area contributed by atoms with Crippen LogP contribution in [0.25, 0.3) is 0 Å². The molecule has 82 valence electrons. The highest BCUT2D eigenvalue weighted by atomic mass is 16.7. The molecule has 14 heavy (non-hydrogen) atoms. The van der Waals surface area contributed by atoms with Gasteiger partial charge in [0, 0.05) is 13.5 Å².